The van der Waals surface area contributed by atoms with E-state index in [9.17, 15) is 14.7 Å². The minimum absolute atomic E-state index is 0.0185. The van der Waals surface area contributed by atoms with Crippen LogP contribution in [-0.2, 0) is 22.0 Å². The van der Waals surface area contributed by atoms with Crippen LogP contribution in [0.15, 0.2) is 23.6 Å². The van der Waals surface area contributed by atoms with Crippen molar-refractivity contribution in [3.63, 3.8) is 0 Å². The predicted molar refractivity (Wildman–Crippen MR) is 104 cm³/mol. The lowest BCUT2D eigenvalue weighted by Crippen LogP contribution is -2.24. The smallest absolute Gasteiger partial charge is 0.228 e. The third-order valence-corrected chi connectivity index (χ3v) is 5.06. The number of carbonyl (C=O) groups excluding carboxylic acids is 2. The molecule has 2 rings (SSSR count). The monoisotopic (exact) mass is 388 g/mol. The van der Waals surface area contributed by atoms with Gasteiger partial charge in [0.05, 0.1) is 5.69 Å². The third-order valence-electron chi connectivity index (χ3n) is 4.13. The van der Waals surface area contributed by atoms with Crippen LogP contribution in [0.2, 0.25) is 0 Å². The number of carboxylic acids is 1. The van der Waals surface area contributed by atoms with Gasteiger partial charge < -0.3 is 14.6 Å². The number of thiazole rings is 1. The van der Waals surface area contributed by atoms with Crippen LogP contribution in [0.4, 0.5) is 0 Å². The highest BCUT2D eigenvalue weighted by atomic mass is 32.1. The third kappa shape index (κ3) is 5.63. The van der Waals surface area contributed by atoms with Crippen molar-refractivity contribution in [2.24, 2.45) is 0 Å². The summed E-state index contributed by atoms with van der Waals surface area (Å²) >= 11 is 1.12. The van der Waals surface area contributed by atoms with Crippen LogP contribution in [0, 0.1) is 0 Å². The summed E-state index contributed by atoms with van der Waals surface area (Å²) in [6.07, 6.45) is -0.299. The Kier molecular flexibility index (Phi) is 6.10. The first-order valence-electron chi connectivity index (χ1n) is 8.83. The normalized spacial score (nSPS) is 12.1. The number of ketones is 1. The quantitative estimate of drug-likeness (QED) is 0.710. The molecular weight excluding hydrogens is 362 g/mol. The number of aromatic nitrogens is 1. The Balaban J connectivity index is 2.18. The van der Waals surface area contributed by atoms with Gasteiger partial charge in [0.15, 0.2) is 11.6 Å². The van der Waals surface area contributed by atoms with E-state index in [-0.39, 0.29) is 34.6 Å². The molecule has 0 aliphatic rings. The number of ether oxygens (including phenoxy) is 1. The molecule has 0 fully saturated rings. The van der Waals surface area contributed by atoms with Crippen LogP contribution >= 0.6 is 11.3 Å². The van der Waals surface area contributed by atoms with E-state index < -0.39 is 5.97 Å². The summed E-state index contributed by atoms with van der Waals surface area (Å²) in [7, 11) is 0. The Morgan fingerprint density at radius 3 is 2.33 bits per heavy atom. The Morgan fingerprint density at radius 2 is 1.78 bits per heavy atom. The lowest BCUT2D eigenvalue weighted by Gasteiger charge is -2.27. The molecule has 0 saturated carbocycles. The highest BCUT2D eigenvalue weighted by molar-refractivity contribution is 7.11. The van der Waals surface area contributed by atoms with Crippen LogP contribution < -0.4 is 9.84 Å². The molecule has 1 heterocycles. The summed E-state index contributed by atoms with van der Waals surface area (Å²) < 4.78 is 5.83. The molecule has 0 atom stereocenters. The molecule has 0 spiro atoms. The number of carbonyl (C=O) groups is 2. The van der Waals surface area contributed by atoms with E-state index in [4.69, 9.17) is 4.74 Å². The minimum atomic E-state index is -1.22. The van der Waals surface area contributed by atoms with Crippen LogP contribution in [0.25, 0.3) is 0 Å². The number of Topliss-reactive ketones (excluding diaryl/α,β-unsaturated/α-hetero) is 1. The molecule has 0 aliphatic heterocycles. The molecule has 2 aromatic rings. The van der Waals surface area contributed by atoms with Crippen LogP contribution in [0.3, 0.4) is 0 Å². The van der Waals surface area contributed by atoms with Crippen molar-refractivity contribution < 1.29 is 19.4 Å². The molecule has 146 valence electrons. The number of rotatable bonds is 6. The van der Waals surface area contributed by atoms with Gasteiger partial charge in [-0.15, -0.1) is 11.3 Å². The largest absolute Gasteiger partial charge is 0.550 e. The van der Waals surface area contributed by atoms with Gasteiger partial charge >= 0.3 is 0 Å². The Bertz CT molecular complexity index is 841. The average molecular weight is 389 g/mol. The SMILES string of the molecule is CC(C)(C)c1ccc(OCC(=O)c2nc(CC(=O)[O-])cs2)c(C(C)(C)C)c1. The van der Waals surface area contributed by atoms with Crippen molar-refractivity contribution in [2.45, 2.75) is 58.8 Å². The maximum absolute atomic E-state index is 12.4. The maximum atomic E-state index is 12.4. The molecule has 27 heavy (non-hydrogen) atoms. The lowest BCUT2D eigenvalue weighted by atomic mass is 9.80. The van der Waals surface area contributed by atoms with E-state index in [1.807, 2.05) is 12.1 Å². The van der Waals surface area contributed by atoms with E-state index >= 15 is 0 Å². The number of carboxylic acid groups (broad SMARTS) is 1. The highest BCUT2D eigenvalue weighted by Crippen LogP contribution is 2.35. The van der Waals surface area contributed by atoms with E-state index in [1.54, 1.807) is 5.38 Å². The zero-order valence-electron chi connectivity index (χ0n) is 16.7. The number of benzene rings is 1. The fraction of sp³-hybridized carbons (Fsp3) is 0.476. The summed E-state index contributed by atoms with van der Waals surface area (Å²) in [4.78, 5) is 27.0. The Hall–Kier alpha value is -2.21. The molecule has 0 amide bonds. The zero-order valence-corrected chi connectivity index (χ0v) is 17.5. The number of hydrogen-bond acceptors (Lipinski definition) is 6. The van der Waals surface area contributed by atoms with Crippen molar-refractivity contribution in [1.82, 2.24) is 4.98 Å². The topological polar surface area (TPSA) is 79.3 Å². The van der Waals surface area contributed by atoms with Gasteiger partial charge in [-0.05, 0) is 28.0 Å². The summed E-state index contributed by atoms with van der Waals surface area (Å²) in [6, 6.07) is 6.08. The maximum Gasteiger partial charge on any atom is 0.228 e. The second kappa shape index (κ2) is 7.80. The molecule has 0 radical (unpaired) electrons. The standard InChI is InChI=1S/C21H27NO4S/c1-20(2,3)13-7-8-17(15(9-13)21(4,5)6)26-11-16(23)19-22-14(12-27-19)10-18(24)25/h7-9,12H,10-11H2,1-6H3,(H,24,25)/p-1. The first-order chi connectivity index (χ1) is 12.4. The Morgan fingerprint density at radius 1 is 1.11 bits per heavy atom. The van der Waals surface area contributed by atoms with Crippen LogP contribution in [-0.4, -0.2) is 23.3 Å². The van der Waals surface area contributed by atoms with Crippen molar-refractivity contribution in [3.05, 3.63) is 45.4 Å². The van der Waals surface area contributed by atoms with Crippen molar-refractivity contribution in [1.29, 1.82) is 0 Å². The second-order valence-electron chi connectivity index (χ2n) is 8.62. The minimum Gasteiger partial charge on any atom is -0.550 e. The van der Waals surface area contributed by atoms with E-state index in [0.29, 0.717) is 11.4 Å². The van der Waals surface area contributed by atoms with Crippen molar-refractivity contribution in [2.75, 3.05) is 6.61 Å². The molecular formula is C21H26NO4S-. The molecule has 0 aliphatic carbocycles. The average Bonchev–Trinajstić information content (AvgIpc) is 2.98. The first-order valence-corrected chi connectivity index (χ1v) is 9.71. The number of hydrogen-bond donors (Lipinski definition) is 0. The van der Waals surface area contributed by atoms with Crippen molar-refractivity contribution in [3.8, 4) is 5.75 Å². The van der Waals surface area contributed by atoms with Gasteiger partial charge in [0.1, 0.15) is 5.75 Å². The van der Waals surface area contributed by atoms with E-state index in [1.165, 1.54) is 5.56 Å². The lowest BCUT2D eigenvalue weighted by molar-refractivity contribution is -0.304. The van der Waals surface area contributed by atoms with Gasteiger partial charge in [-0.3, -0.25) is 4.79 Å². The molecule has 1 aromatic heterocycles. The molecule has 6 heteroatoms. The van der Waals surface area contributed by atoms with Crippen molar-refractivity contribution >= 4 is 23.1 Å². The van der Waals surface area contributed by atoms with Crippen LogP contribution in [0.1, 0.15) is 68.2 Å². The highest BCUT2D eigenvalue weighted by Gasteiger charge is 2.23. The fourth-order valence-electron chi connectivity index (χ4n) is 2.58. The van der Waals surface area contributed by atoms with Gasteiger partial charge in [0.2, 0.25) is 5.78 Å². The Labute approximate surface area is 164 Å². The molecule has 0 bridgehead atoms. The van der Waals surface area contributed by atoms with Gasteiger partial charge in [0.25, 0.3) is 0 Å². The van der Waals surface area contributed by atoms with Gasteiger partial charge in [0, 0.05) is 17.8 Å². The fourth-order valence-corrected chi connectivity index (χ4v) is 3.32. The van der Waals surface area contributed by atoms with E-state index in [2.05, 4.69) is 52.6 Å². The number of aliphatic carboxylic acids is 1. The second-order valence-corrected chi connectivity index (χ2v) is 9.47. The van der Waals surface area contributed by atoms with Crippen LogP contribution in [0.5, 0.6) is 5.75 Å². The summed E-state index contributed by atoms with van der Waals surface area (Å²) in [5, 5.41) is 12.4. The first kappa shape index (κ1) is 21.1. The van der Waals surface area contributed by atoms with Gasteiger partial charge in [-0.1, -0.05) is 53.7 Å². The molecule has 1 aromatic carbocycles. The summed E-state index contributed by atoms with van der Waals surface area (Å²) in [5.74, 6) is -0.816. The summed E-state index contributed by atoms with van der Waals surface area (Å²) in [5.41, 5.74) is 2.46. The predicted octanol–water partition coefficient (Wildman–Crippen LogP) is 3.29. The molecule has 5 nitrogen and oxygen atoms in total. The van der Waals surface area contributed by atoms with Gasteiger partial charge in [-0.25, -0.2) is 4.98 Å². The molecule has 0 N–H and O–H groups in total. The zero-order chi connectivity index (χ0) is 20.4. The molecule has 0 saturated heterocycles. The van der Waals surface area contributed by atoms with E-state index in [0.717, 1.165) is 16.9 Å². The van der Waals surface area contributed by atoms with Gasteiger partial charge in [-0.2, -0.15) is 0 Å². The molecule has 0 unspecified atom stereocenters. The summed E-state index contributed by atoms with van der Waals surface area (Å²) in [6.45, 7) is 12.7. The number of nitrogens with zero attached hydrogens (tertiary/aromatic N) is 1.